The molecule has 4 nitrogen and oxygen atoms in total. The minimum atomic E-state index is 0.0425. The number of nitrogens with zero attached hydrogens (tertiary/aromatic N) is 1. The van der Waals surface area contributed by atoms with E-state index < -0.39 is 0 Å². The van der Waals surface area contributed by atoms with Crippen molar-refractivity contribution >= 4 is 45.0 Å². The molecule has 1 aliphatic heterocycles. The summed E-state index contributed by atoms with van der Waals surface area (Å²) in [5.74, 6) is 0.412. The number of thioether (sulfide) groups is 1. The van der Waals surface area contributed by atoms with Crippen molar-refractivity contribution in [3.05, 3.63) is 36.4 Å². The van der Waals surface area contributed by atoms with E-state index in [2.05, 4.69) is 34.7 Å². The first-order valence-corrected chi connectivity index (χ1v) is 8.45. The first-order chi connectivity index (χ1) is 10.7. The van der Waals surface area contributed by atoms with Gasteiger partial charge in [-0.05, 0) is 30.9 Å². The Hall–Kier alpha value is -2.01. The molecule has 0 saturated heterocycles. The molecule has 0 spiro atoms. The maximum Gasteiger partial charge on any atom is 0.230 e. The minimum absolute atomic E-state index is 0.0425. The van der Waals surface area contributed by atoms with E-state index in [1.165, 1.54) is 17.1 Å². The molecule has 1 heterocycles. The molecule has 2 aromatic carbocycles. The number of carbonyl (C=O) groups is 1. The molecular weight excluding hydrogens is 294 g/mol. The van der Waals surface area contributed by atoms with Gasteiger partial charge in [0.15, 0.2) is 5.17 Å². The normalized spacial score (nSPS) is 14.2. The van der Waals surface area contributed by atoms with Gasteiger partial charge in [-0.15, -0.1) is 0 Å². The highest BCUT2D eigenvalue weighted by atomic mass is 32.2. The van der Waals surface area contributed by atoms with Gasteiger partial charge < -0.3 is 10.6 Å². The lowest BCUT2D eigenvalue weighted by Crippen LogP contribution is -2.33. The van der Waals surface area contributed by atoms with Gasteiger partial charge in [-0.25, -0.2) is 4.99 Å². The number of hydrogen-bond acceptors (Lipinski definition) is 4. The lowest BCUT2D eigenvalue weighted by atomic mass is 10.1. The van der Waals surface area contributed by atoms with Crippen molar-refractivity contribution in [2.24, 2.45) is 4.99 Å². The van der Waals surface area contributed by atoms with Crippen LogP contribution in [0.2, 0.25) is 0 Å². The smallest absolute Gasteiger partial charge is 0.230 e. The van der Waals surface area contributed by atoms with Gasteiger partial charge in [-0.2, -0.15) is 0 Å². The second kappa shape index (κ2) is 6.40. The van der Waals surface area contributed by atoms with Gasteiger partial charge in [-0.1, -0.05) is 43.0 Å². The Balaban J connectivity index is 1.73. The van der Waals surface area contributed by atoms with E-state index in [1.807, 2.05) is 31.2 Å². The van der Waals surface area contributed by atoms with Crippen LogP contribution in [0.3, 0.4) is 0 Å². The molecule has 22 heavy (non-hydrogen) atoms. The second-order valence-corrected chi connectivity index (χ2v) is 6.35. The number of carbonyl (C=O) groups excluding carboxylic acids is 1. The molecule has 0 aliphatic carbocycles. The van der Waals surface area contributed by atoms with Crippen LogP contribution in [0, 0.1) is 0 Å². The van der Waals surface area contributed by atoms with Crippen molar-refractivity contribution in [2.75, 3.05) is 11.1 Å². The number of anilines is 1. The topological polar surface area (TPSA) is 53.5 Å². The molecule has 0 bridgehead atoms. The third-order valence-corrected chi connectivity index (χ3v) is 4.58. The molecule has 1 aliphatic rings. The molecule has 0 fully saturated rings. The van der Waals surface area contributed by atoms with Crippen molar-refractivity contribution in [3.63, 3.8) is 0 Å². The first kappa shape index (κ1) is 14.9. The molecule has 0 aromatic heterocycles. The number of benzene rings is 2. The zero-order chi connectivity index (χ0) is 15.5. The second-order valence-electron chi connectivity index (χ2n) is 5.39. The van der Waals surface area contributed by atoms with E-state index >= 15 is 0 Å². The summed E-state index contributed by atoms with van der Waals surface area (Å²) < 4.78 is 0. The third kappa shape index (κ3) is 3.09. The van der Waals surface area contributed by atoms with Gasteiger partial charge in [-0.3, -0.25) is 4.79 Å². The molecule has 114 valence electrons. The highest BCUT2D eigenvalue weighted by Gasteiger charge is 2.15. The van der Waals surface area contributed by atoms with Crippen LogP contribution in [0.1, 0.15) is 20.3 Å². The fourth-order valence-electron chi connectivity index (χ4n) is 2.39. The number of amides is 1. The van der Waals surface area contributed by atoms with Crippen molar-refractivity contribution in [1.82, 2.24) is 5.32 Å². The Morgan fingerprint density at radius 3 is 2.86 bits per heavy atom. The number of nitrogens with one attached hydrogen (secondary N) is 2. The quantitative estimate of drug-likeness (QED) is 0.900. The average molecular weight is 313 g/mol. The number of aliphatic imine (C=N–C) groups is 1. The van der Waals surface area contributed by atoms with Gasteiger partial charge in [0.05, 0.1) is 17.1 Å². The van der Waals surface area contributed by atoms with Crippen LogP contribution >= 0.6 is 11.8 Å². The molecule has 2 N–H and O–H groups in total. The highest BCUT2D eigenvalue weighted by Crippen LogP contribution is 2.36. The van der Waals surface area contributed by atoms with Crippen LogP contribution in [0.15, 0.2) is 41.4 Å². The van der Waals surface area contributed by atoms with E-state index in [-0.39, 0.29) is 11.9 Å². The van der Waals surface area contributed by atoms with E-state index in [0.717, 1.165) is 28.3 Å². The predicted octanol–water partition coefficient (Wildman–Crippen LogP) is 3.90. The zero-order valence-electron chi connectivity index (χ0n) is 12.7. The maximum atomic E-state index is 11.9. The summed E-state index contributed by atoms with van der Waals surface area (Å²) in [5.41, 5.74) is 2.00. The summed E-state index contributed by atoms with van der Waals surface area (Å²) in [7, 11) is 0. The highest BCUT2D eigenvalue weighted by molar-refractivity contribution is 8.14. The molecule has 2 aromatic rings. The molecule has 1 atom stereocenters. The summed E-state index contributed by atoms with van der Waals surface area (Å²) in [6.45, 7) is 4.07. The molecule has 5 heteroatoms. The van der Waals surface area contributed by atoms with E-state index in [9.17, 15) is 4.79 Å². The Bertz CT molecular complexity index is 737. The maximum absolute atomic E-state index is 11.9. The summed E-state index contributed by atoms with van der Waals surface area (Å²) in [6, 6.07) is 12.5. The number of hydrogen-bond donors (Lipinski definition) is 2. The Kier molecular flexibility index (Phi) is 4.34. The molecule has 3 rings (SSSR count). The third-order valence-electron chi connectivity index (χ3n) is 3.71. The first-order valence-electron chi connectivity index (χ1n) is 7.47. The zero-order valence-corrected chi connectivity index (χ0v) is 13.5. The van der Waals surface area contributed by atoms with Gasteiger partial charge in [0.1, 0.15) is 0 Å². The molecule has 0 unspecified atom stereocenters. The SMILES string of the molecule is CC[C@H](C)NC(=O)CSC1=Nc2cccc3cccc(c23)N1. The lowest BCUT2D eigenvalue weighted by Gasteiger charge is -2.18. The van der Waals surface area contributed by atoms with Crippen LogP contribution in [0.25, 0.3) is 10.8 Å². The summed E-state index contributed by atoms with van der Waals surface area (Å²) in [5, 5.41) is 9.36. The predicted molar refractivity (Wildman–Crippen MR) is 95.0 cm³/mol. The largest absolute Gasteiger partial charge is 0.353 e. The van der Waals surface area contributed by atoms with Crippen molar-refractivity contribution in [3.8, 4) is 0 Å². The van der Waals surface area contributed by atoms with Gasteiger partial charge in [0.2, 0.25) is 5.91 Å². The van der Waals surface area contributed by atoms with Crippen LogP contribution in [-0.4, -0.2) is 22.9 Å². The summed E-state index contributed by atoms with van der Waals surface area (Å²) in [6.07, 6.45) is 0.935. The monoisotopic (exact) mass is 313 g/mol. The van der Waals surface area contributed by atoms with Gasteiger partial charge >= 0.3 is 0 Å². The van der Waals surface area contributed by atoms with Gasteiger partial charge in [0, 0.05) is 11.4 Å². The molecular formula is C17H19N3OS. The average Bonchev–Trinajstić information content (AvgIpc) is 2.53. The van der Waals surface area contributed by atoms with Crippen molar-refractivity contribution in [2.45, 2.75) is 26.3 Å². The van der Waals surface area contributed by atoms with Crippen LogP contribution < -0.4 is 10.6 Å². The number of rotatable bonds is 4. The molecule has 1 amide bonds. The van der Waals surface area contributed by atoms with E-state index in [0.29, 0.717) is 5.75 Å². The van der Waals surface area contributed by atoms with Crippen LogP contribution in [-0.2, 0) is 4.79 Å². The number of amidine groups is 1. The Morgan fingerprint density at radius 1 is 1.32 bits per heavy atom. The summed E-state index contributed by atoms with van der Waals surface area (Å²) >= 11 is 1.43. The van der Waals surface area contributed by atoms with Gasteiger partial charge in [0.25, 0.3) is 0 Å². The fraction of sp³-hybridized carbons (Fsp3) is 0.294. The molecule has 0 saturated carbocycles. The van der Waals surface area contributed by atoms with Crippen molar-refractivity contribution < 1.29 is 4.79 Å². The Morgan fingerprint density at radius 2 is 2.09 bits per heavy atom. The molecule has 0 radical (unpaired) electrons. The standard InChI is InChI=1S/C17H19N3OS/c1-3-11(2)18-15(21)10-22-17-19-13-8-4-6-12-7-5-9-14(20-17)16(12)13/h4-9,11H,3,10H2,1-2H3,(H,18,21)(H,19,20)/t11-/m0/s1. The minimum Gasteiger partial charge on any atom is -0.353 e. The van der Waals surface area contributed by atoms with Crippen molar-refractivity contribution in [1.29, 1.82) is 0 Å². The van der Waals surface area contributed by atoms with E-state index in [4.69, 9.17) is 0 Å². The van der Waals surface area contributed by atoms with E-state index in [1.54, 1.807) is 0 Å². The Labute approximate surface area is 134 Å². The summed E-state index contributed by atoms with van der Waals surface area (Å²) in [4.78, 5) is 16.5. The van der Waals surface area contributed by atoms with Crippen LogP contribution in [0.5, 0.6) is 0 Å². The lowest BCUT2D eigenvalue weighted by molar-refractivity contribution is -0.119. The van der Waals surface area contributed by atoms with Crippen LogP contribution in [0.4, 0.5) is 11.4 Å². The fourth-order valence-corrected chi connectivity index (χ4v) is 3.09.